The summed E-state index contributed by atoms with van der Waals surface area (Å²) in [7, 11) is 0. The number of carbonyl (C=O) groups is 5. The van der Waals surface area contributed by atoms with Gasteiger partial charge in [0.25, 0.3) is 0 Å². The Labute approximate surface area is 197 Å². The molecule has 1 aliphatic heterocycles. The predicted octanol–water partition coefficient (Wildman–Crippen LogP) is -1.28. The van der Waals surface area contributed by atoms with Gasteiger partial charge in [-0.3, -0.25) is 19.2 Å². The summed E-state index contributed by atoms with van der Waals surface area (Å²) in [5.41, 5.74) is 11.2. The second-order valence-electron chi connectivity index (χ2n) is 7.92. The van der Waals surface area contributed by atoms with E-state index in [4.69, 9.17) is 11.5 Å². The van der Waals surface area contributed by atoms with Crippen LogP contribution in [-0.4, -0.2) is 94.0 Å². The van der Waals surface area contributed by atoms with Crippen LogP contribution in [0.1, 0.15) is 44.9 Å². The molecule has 0 saturated carbocycles. The lowest BCUT2D eigenvalue weighted by atomic mass is 10.1. The number of aliphatic carboxylic acids is 2. The van der Waals surface area contributed by atoms with Crippen molar-refractivity contribution in [2.75, 3.05) is 25.1 Å². The third-order valence-corrected chi connectivity index (χ3v) is 6.01. The van der Waals surface area contributed by atoms with Crippen LogP contribution in [0.25, 0.3) is 0 Å². The van der Waals surface area contributed by atoms with Gasteiger partial charge >= 0.3 is 11.9 Å². The number of carboxylic acids is 2. The molecule has 13 heteroatoms. The molecule has 1 heterocycles. The van der Waals surface area contributed by atoms with Gasteiger partial charge in [-0.25, -0.2) is 4.79 Å². The standard InChI is InChI=1S/C20H35N5O7S/c1-33-10-7-13(19(30)25-9-4-6-15(25)20(31)32)23-18(29)14(11-16(26)27)24-17(28)12(22)5-2-3-8-21/h12-15H,2-11,21-22H2,1H3,(H,23,29)(H,24,28)(H,26,27)(H,31,32). The van der Waals surface area contributed by atoms with E-state index in [0.29, 0.717) is 44.4 Å². The largest absolute Gasteiger partial charge is 0.481 e. The third kappa shape index (κ3) is 9.56. The molecule has 1 aliphatic rings. The predicted molar refractivity (Wildman–Crippen MR) is 122 cm³/mol. The SMILES string of the molecule is CSCCC(NC(=O)C(CC(=O)O)NC(=O)C(N)CCCCN)C(=O)N1CCCC1C(=O)O. The first kappa shape index (κ1) is 28.7. The van der Waals surface area contributed by atoms with Crippen molar-refractivity contribution in [2.24, 2.45) is 11.5 Å². The molecule has 0 aromatic heterocycles. The molecule has 1 saturated heterocycles. The number of amides is 3. The molecule has 33 heavy (non-hydrogen) atoms. The van der Waals surface area contributed by atoms with Crippen molar-refractivity contribution in [3.8, 4) is 0 Å². The minimum Gasteiger partial charge on any atom is -0.481 e. The number of carboxylic acid groups (broad SMARTS) is 2. The number of hydrogen-bond donors (Lipinski definition) is 6. The third-order valence-electron chi connectivity index (χ3n) is 5.36. The fourth-order valence-corrected chi connectivity index (χ4v) is 4.03. The highest BCUT2D eigenvalue weighted by molar-refractivity contribution is 7.98. The first-order valence-corrected chi connectivity index (χ1v) is 12.3. The molecule has 0 aromatic carbocycles. The van der Waals surface area contributed by atoms with Gasteiger partial charge in [0, 0.05) is 6.54 Å². The minimum absolute atomic E-state index is 0.223. The van der Waals surface area contributed by atoms with Crippen molar-refractivity contribution in [2.45, 2.75) is 69.1 Å². The molecule has 1 rings (SSSR count). The van der Waals surface area contributed by atoms with E-state index in [1.807, 2.05) is 6.26 Å². The number of nitrogens with zero attached hydrogens (tertiary/aromatic N) is 1. The van der Waals surface area contributed by atoms with Gasteiger partial charge in [0.1, 0.15) is 18.1 Å². The molecule has 0 aromatic rings. The number of unbranched alkanes of at least 4 members (excludes halogenated alkanes) is 1. The summed E-state index contributed by atoms with van der Waals surface area (Å²) in [5, 5.41) is 23.4. The van der Waals surface area contributed by atoms with E-state index in [2.05, 4.69) is 10.6 Å². The minimum atomic E-state index is -1.44. The van der Waals surface area contributed by atoms with Gasteiger partial charge in [-0.05, 0) is 50.7 Å². The Morgan fingerprint density at radius 2 is 1.73 bits per heavy atom. The lowest BCUT2D eigenvalue weighted by molar-refractivity contribution is -0.149. The number of thioether (sulfide) groups is 1. The molecule has 0 bridgehead atoms. The average Bonchev–Trinajstić information content (AvgIpc) is 3.25. The van der Waals surface area contributed by atoms with Crippen LogP contribution in [-0.2, 0) is 24.0 Å². The fourth-order valence-electron chi connectivity index (χ4n) is 3.56. The molecular weight excluding hydrogens is 454 g/mol. The zero-order chi connectivity index (χ0) is 25.0. The molecule has 188 valence electrons. The summed E-state index contributed by atoms with van der Waals surface area (Å²) in [5.74, 6) is -3.98. The number of hydrogen-bond acceptors (Lipinski definition) is 8. The highest BCUT2D eigenvalue weighted by atomic mass is 32.2. The van der Waals surface area contributed by atoms with Crippen molar-refractivity contribution in [3.05, 3.63) is 0 Å². The van der Waals surface area contributed by atoms with Gasteiger partial charge in [0.05, 0.1) is 12.5 Å². The van der Waals surface area contributed by atoms with E-state index < -0.39 is 60.2 Å². The van der Waals surface area contributed by atoms with Crippen LogP contribution in [0.3, 0.4) is 0 Å². The second kappa shape index (κ2) is 14.7. The van der Waals surface area contributed by atoms with Gasteiger partial charge in [0.2, 0.25) is 17.7 Å². The molecule has 0 aliphatic carbocycles. The van der Waals surface area contributed by atoms with Crippen LogP contribution >= 0.6 is 11.8 Å². The van der Waals surface area contributed by atoms with Crippen molar-refractivity contribution < 1.29 is 34.2 Å². The first-order valence-electron chi connectivity index (χ1n) is 10.9. The lowest BCUT2D eigenvalue weighted by Gasteiger charge is -2.28. The lowest BCUT2D eigenvalue weighted by Crippen LogP contribution is -2.57. The average molecular weight is 490 g/mol. The molecule has 8 N–H and O–H groups in total. The second-order valence-corrected chi connectivity index (χ2v) is 8.91. The molecule has 0 radical (unpaired) electrons. The van der Waals surface area contributed by atoms with E-state index in [1.165, 1.54) is 16.7 Å². The number of carbonyl (C=O) groups excluding carboxylic acids is 3. The zero-order valence-electron chi connectivity index (χ0n) is 18.8. The van der Waals surface area contributed by atoms with E-state index in [0.717, 1.165) is 0 Å². The van der Waals surface area contributed by atoms with Gasteiger partial charge in [-0.15, -0.1) is 0 Å². The maximum absolute atomic E-state index is 13.0. The topological polar surface area (TPSA) is 205 Å². The Kier molecular flexibility index (Phi) is 12.8. The first-order chi connectivity index (χ1) is 15.6. The van der Waals surface area contributed by atoms with Crippen LogP contribution in [0.4, 0.5) is 0 Å². The van der Waals surface area contributed by atoms with Gasteiger partial charge in [-0.2, -0.15) is 11.8 Å². The summed E-state index contributed by atoms with van der Waals surface area (Å²) in [4.78, 5) is 62.2. The Morgan fingerprint density at radius 1 is 1.06 bits per heavy atom. The quantitative estimate of drug-likeness (QED) is 0.150. The van der Waals surface area contributed by atoms with Crippen molar-refractivity contribution in [3.63, 3.8) is 0 Å². The molecule has 1 fully saturated rings. The van der Waals surface area contributed by atoms with Crippen molar-refractivity contribution in [1.82, 2.24) is 15.5 Å². The summed E-state index contributed by atoms with van der Waals surface area (Å²) in [6, 6.07) is -4.38. The highest BCUT2D eigenvalue weighted by Crippen LogP contribution is 2.20. The monoisotopic (exact) mass is 489 g/mol. The van der Waals surface area contributed by atoms with Crippen LogP contribution in [0.2, 0.25) is 0 Å². The fraction of sp³-hybridized carbons (Fsp3) is 0.750. The molecule has 3 amide bonds. The number of nitrogens with two attached hydrogens (primary N) is 2. The van der Waals surface area contributed by atoms with Crippen molar-refractivity contribution in [1.29, 1.82) is 0 Å². The van der Waals surface area contributed by atoms with Crippen molar-refractivity contribution >= 4 is 41.4 Å². The summed E-state index contributed by atoms with van der Waals surface area (Å²) in [6.45, 7) is 0.706. The molecule has 4 atom stereocenters. The molecule has 0 spiro atoms. The van der Waals surface area contributed by atoms with E-state index in [-0.39, 0.29) is 13.0 Å². The maximum Gasteiger partial charge on any atom is 0.326 e. The molecular formula is C20H35N5O7S. The summed E-state index contributed by atoms with van der Waals surface area (Å²) in [6.07, 6.45) is 3.80. The van der Waals surface area contributed by atoms with E-state index in [1.54, 1.807) is 0 Å². The number of nitrogens with one attached hydrogen (secondary N) is 2. The highest BCUT2D eigenvalue weighted by Gasteiger charge is 2.38. The smallest absolute Gasteiger partial charge is 0.326 e. The van der Waals surface area contributed by atoms with Gasteiger partial charge in [-0.1, -0.05) is 6.42 Å². The maximum atomic E-state index is 13.0. The van der Waals surface area contributed by atoms with Crippen LogP contribution in [0.15, 0.2) is 0 Å². The van der Waals surface area contributed by atoms with Crippen LogP contribution < -0.4 is 22.1 Å². The van der Waals surface area contributed by atoms with Crippen LogP contribution in [0, 0.1) is 0 Å². The Hall–Kier alpha value is -2.38. The summed E-state index contributed by atoms with van der Waals surface area (Å²) < 4.78 is 0. The Morgan fingerprint density at radius 3 is 2.30 bits per heavy atom. The number of rotatable bonds is 15. The Balaban J connectivity index is 2.92. The molecule has 12 nitrogen and oxygen atoms in total. The molecule has 4 unspecified atom stereocenters. The van der Waals surface area contributed by atoms with Gasteiger partial charge in [0.15, 0.2) is 0 Å². The number of likely N-dealkylation sites (tertiary alicyclic amines) is 1. The zero-order valence-corrected chi connectivity index (χ0v) is 19.6. The van der Waals surface area contributed by atoms with E-state index >= 15 is 0 Å². The van der Waals surface area contributed by atoms with E-state index in [9.17, 15) is 34.2 Å². The van der Waals surface area contributed by atoms with Gasteiger partial charge < -0.3 is 37.2 Å². The Bertz CT molecular complexity index is 708. The van der Waals surface area contributed by atoms with Crippen LogP contribution in [0.5, 0.6) is 0 Å². The normalized spacial score (nSPS) is 18.3. The summed E-state index contributed by atoms with van der Waals surface area (Å²) >= 11 is 1.44.